The number of rotatable bonds is 1. The molecule has 2 heterocycles. The molecule has 4 rings (SSSR count). The van der Waals surface area contributed by atoms with Gasteiger partial charge in [-0.3, -0.25) is 4.68 Å². The van der Waals surface area contributed by atoms with Gasteiger partial charge in [0.2, 0.25) is 5.95 Å². The van der Waals surface area contributed by atoms with E-state index in [-0.39, 0.29) is 20.1 Å². The molecule has 0 fully saturated rings. The molecule has 0 spiro atoms. The summed E-state index contributed by atoms with van der Waals surface area (Å²) in [7, 11) is 0. The summed E-state index contributed by atoms with van der Waals surface area (Å²) in [5, 5.41) is 5.76. The van der Waals surface area contributed by atoms with E-state index in [9.17, 15) is 4.39 Å². The monoisotopic (exact) mass is 444 g/mol. The van der Waals surface area contributed by atoms with Gasteiger partial charge >= 0.3 is 0 Å². The molecule has 20 heavy (non-hydrogen) atoms. The minimum absolute atomic E-state index is 0. The Kier molecular flexibility index (Phi) is 3.16. The first-order chi connectivity index (χ1) is 9.33. The van der Waals surface area contributed by atoms with Crippen molar-refractivity contribution in [2.24, 2.45) is 0 Å². The molecule has 0 atom stereocenters. The second-order valence-corrected chi connectivity index (χ2v) is 4.25. The Hall–Kier alpha value is -1.97. The van der Waals surface area contributed by atoms with Crippen molar-refractivity contribution in [2.45, 2.75) is 0 Å². The van der Waals surface area contributed by atoms with Crippen molar-refractivity contribution < 1.29 is 28.9 Å². The standard InChI is InChI=1S/C15H8FN2O.Ir/c16-14-8-9-18(17-14)12-6-3-5-11-10-4-1-2-7-13(10)19-15(11)12;/h1-5,7-9H;/q-1;. The fourth-order valence-corrected chi connectivity index (χ4v) is 2.27. The molecule has 3 nitrogen and oxygen atoms in total. The first-order valence-corrected chi connectivity index (χ1v) is 5.86. The summed E-state index contributed by atoms with van der Waals surface area (Å²) < 4.78 is 20.3. The molecule has 0 N–H and O–H groups in total. The van der Waals surface area contributed by atoms with E-state index in [1.165, 1.54) is 10.7 Å². The zero-order chi connectivity index (χ0) is 12.8. The molecule has 2 aromatic heterocycles. The van der Waals surface area contributed by atoms with Crippen molar-refractivity contribution in [1.29, 1.82) is 0 Å². The summed E-state index contributed by atoms with van der Waals surface area (Å²) in [5.74, 6) is -0.526. The van der Waals surface area contributed by atoms with Crippen LogP contribution in [0.25, 0.3) is 27.6 Å². The summed E-state index contributed by atoms with van der Waals surface area (Å²) in [6.45, 7) is 0. The van der Waals surface area contributed by atoms with Crippen molar-refractivity contribution in [3.8, 4) is 5.69 Å². The molecule has 2 aromatic carbocycles. The molecule has 0 saturated heterocycles. The van der Waals surface area contributed by atoms with Crippen LogP contribution in [0.2, 0.25) is 0 Å². The summed E-state index contributed by atoms with van der Waals surface area (Å²) in [5.41, 5.74) is 2.07. The van der Waals surface area contributed by atoms with Crippen molar-refractivity contribution in [3.05, 3.63) is 60.7 Å². The number of halogens is 1. The Balaban J connectivity index is 0.00000121. The van der Waals surface area contributed by atoms with Crippen LogP contribution in [-0.4, -0.2) is 9.78 Å². The molecule has 0 amide bonds. The maximum Gasteiger partial charge on any atom is 0.233 e. The Bertz CT molecular complexity index is 897. The van der Waals surface area contributed by atoms with Crippen molar-refractivity contribution >= 4 is 21.9 Å². The molecule has 0 aliphatic carbocycles. The maximum absolute atomic E-state index is 13.0. The van der Waals surface area contributed by atoms with E-state index in [0.717, 1.165) is 16.4 Å². The molecule has 0 saturated carbocycles. The van der Waals surface area contributed by atoms with Gasteiger partial charge < -0.3 is 4.42 Å². The molecule has 0 bridgehead atoms. The van der Waals surface area contributed by atoms with Gasteiger partial charge in [0.1, 0.15) is 5.58 Å². The molecule has 101 valence electrons. The van der Waals surface area contributed by atoms with E-state index in [1.807, 2.05) is 30.3 Å². The topological polar surface area (TPSA) is 31.0 Å². The zero-order valence-electron chi connectivity index (χ0n) is 10.1. The fourth-order valence-electron chi connectivity index (χ4n) is 2.27. The minimum atomic E-state index is -0.526. The number of hydrogen-bond donors (Lipinski definition) is 0. The largest absolute Gasteiger partial charge is 0.513 e. The number of furan rings is 1. The average Bonchev–Trinajstić information content (AvgIpc) is 3.02. The average molecular weight is 443 g/mol. The minimum Gasteiger partial charge on any atom is -0.513 e. The van der Waals surface area contributed by atoms with Crippen LogP contribution in [0.4, 0.5) is 4.39 Å². The van der Waals surface area contributed by atoms with E-state index >= 15 is 0 Å². The smallest absolute Gasteiger partial charge is 0.233 e. The van der Waals surface area contributed by atoms with Crippen LogP contribution in [0.3, 0.4) is 0 Å². The Morgan fingerprint density at radius 3 is 2.75 bits per heavy atom. The predicted molar refractivity (Wildman–Crippen MR) is 69.6 cm³/mol. The van der Waals surface area contributed by atoms with Crippen LogP contribution in [-0.2, 0) is 20.1 Å². The number of aromatic nitrogens is 2. The van der Waals surface area contributed by atoms with Crippen LogP contribution in [0.15, 0.2) is 53.1 Å². The first-order valence-electron chi connectivity index (χ1n) is 5.86. The van der Waals surface area contributed by atoms with E-state index in [4.69, 9.17) is 4.42 Å². The third-order valence-electron chi connectivity index (χ3n) is 3.10. The van der Waals surface area contributed by atoms with E-state index < -0.39 is 5.95 Å². The third-order valence-corrected chi connectivity index (χ3v) is 3.10. The molecular weight excluding hydrogens is 435 g/mol. The summed E-state index contributed by atoms with van der Waals surface area (Å²) >= 11 is 0. The van der Waals surface area contributed by atoms with Gasteiger partial charge in [-0.2, -0.15) is 22.6 Å². The number of benzene rings is 2. The normalized spacial score (nSPS) is 10.8. The second kappa shape index (κ2) is 4.85. The van der Waals surface area contributed by atoms with Gasteiger partial charge in [0, 0.05) is 43.3 Å². The van der Waals surface area contributed by atoms with Gasteiger partial charge in [0.25, 0.3) is 0 Å². The van der Waals surface area contributed by atoms with Gasteiger partial charge in [0.15, 0.2) is 0 Å². The van der Waals surface area contributed by atoms with Gasteiger partial charge in [0.05, 0.1) is 0 Å². The van der Waals surface area contributed by atoms with Gasteiger partial charge in [-0.05, 0) is 11.8 Å². The number of hydrogen-bond acceptors (Lipinski definition) is 2. The van der Waals surface area contributed by atoms with Gasteiger partial charge in [-0.15, -0.1) is 5.10 Å². The third kappa shape index (κ3) is 1.87. The second-order valence-electron chi connectivity index (χ2n) is 4.25. The molecule has 1 radical (unpaired) electrons. The maximum atomic E-state index is 13.0. The molecular formula is C15H8FIrN2O-. The summed E-state index contributed by atoms with van der Waals surface area (Å²) in [6.07, 6.45) is 1.55. The quantitative estimate of drug-likeness (QED) is 0.420. The van der Waals surface area contributed by atoms with E-state index in [0.29, 0.717) is 11.3 Å². The van der Waals surface area contributed by atoms with Crippen molar-refractivity contribution in [3.63, 3.8) is 0 Å². The Morgan fingerprint density at radius 2 is 1.95 bits per heavy atom. The molecule has 5 heteroatoms. The van der Waals surface area contributed by atoms with Gasteiger partial charge in [-0.25, -0.2) is 0 Å². The number of nitrogens with zero attached hydrogens (tertiary/aromatic N) is 2. The van der Waals surface area contributed by atoms with Gasteiger partial charge in [-0.1, -0.05) is 23.6 Å². The van der Waals surface area contributed by atoms with Crippen LogP contribution in [0.1, 0.15) is 0 Å². The predicted octanol–water partition coefficient (Wildman–Crippen LogP) is 3.71. The Labute approximate surface area is 127 Å². The van der Waals surface area contributed by atoms with Crippen LogP contribution in [0, 0.1) is 12.0 Å². The molecule has 0 aliphatic rings. The number of para-hydroxylation sites is 1. The molecule has 0 aliphatic heterocycles. The van der Waals surface area contributed by atoms with E-state index in [1.54, 1.807) is 12.3 Å². The zero-order valence-corrected chi connectivity index (χ0v) is 12.5. The molecule has 4 aromatic rings. The van der Waals surface area contributed by atoms with Crippen LogP contribution >= 0.6 is 0 Å². The molecule has 0 unspecified atom stereocenters. The Morgan fingerprint density at radius 1 is 1.10 bits per heavy atom. The summed E-state index contributed by atoms with van der Waals surface area (Å²) in [6, 6.07) is 15.8. The van der Waals surface area contributed by atoms with Crippen molar-refractivity contribution in [2.75, 3.05) is 0 Å². The fraction of sp³-hybridized carbons (Fsp3) is 0. The first kappa shape index (κ1) is 13.0. The van der Waals surface area contributed by atoms with Crippen molar-refractivity contribution in [1.82, 2.24) is 9.78 Å². The SMILES string of the molecule is Fc1ccn(-c2[c-]ccc3c2oc2ccccc23)n1.[Ir]. The van der Waals surface area contributed by atoms with Crippen LogP contribution < -0.4 is 0 Å². The van der Waals surface area contributed by atoms with Crippen LogP contribution in [0.5, 0.6) is 0 Å². The van der Waals surface area contributed by atoms with E-state index in [2.05, 4.69) is 11.2 Å². The number of fused-ring (bicyclic) bond motifs is 3. The summed E-state index contributed by atoms with van der Waals surface area (Å²) in [4.78, 5) is 0.